The third-order valence-corrected chi connectivity index (χ3v) is 8.63. The Kier molecular flexibility index (Phi) is 10.8. The van der Waals surface area contributed by atoms with Gasteiger partial charge in [0, 0.05) is 40.9 Å². The van der Waals surface area contributed by atoms with Gasteiger partial charge in [-0.3, -0.25) is 29.4 Å². The SMILES string of the molecule is CC(=O)OCC1=C(C(=O)O)N2C(=O)[C@H](NC(=O)CCCC(NC(=O)OCc3ccc(Cl)cc3Cl)OC=O)[C@@H]2S(=O)(=O)C1. The molecule has 0 saturated carbocycles. The molecule has 0 aromatic heterocycles. The second-order valence-corrected chi connectivity index (χ2v) is 12.0. The zero-order chi connectivity index (χ0) is 31.2. The molecule has 0 bridgehead atoms. The molecule has 3 amide bonds. The van der Waals surface area contributed by atoms with E-state index in [2.05, 4.69) is 10.6 Å². The third-order valence-electron chi connectivity index (χ3n) is 6.07. The molecule has 1 aromatic rings. The van der Waals surface area contributed by atoms with Gasteiger partial charge >= 0.3 is 18.0 Å². The van der Waals surface area contributed by atoms with E-state index in [-0.39, 0.29) is 42.9 Å². The first-order valence-corrected chi connectivity index (χ1v) is 14.6. The maximum absolute atomic E-state index is 12.8. The van der Waals surface area contributed by atoms with Gasteiger partial charge in [-0.2, -0.15) is 0 Å². The molecular formula is C24H25Cl2N3O12S. The van der Waals surface area contributed by atoms with Crippen LogP contribution in [0.5, 0.6) is 0 Å². The van der Waals surface area contributed by atoms with Gasteiger partial charge in [0.2, 0.25) is 5.91 Å². The van der Waals surface area contributed by atoms with Crippen LogP contribution in [-0.2, 0) is 54.6 Å². The molecule has 18 heteroatoms. The first kappa shape index (κ1) is 32.6. The van der Waals surface area contributed by atoms with Crippen molar-refractivity contribution in [1.82, 2.24) is 15.5 Å². The number of aliphatic carboxylic acids is 1. The number of carbonyl (C=O) groups excluding carboxylic acids is 5. The van der Waals surface area contributed by atoms with Crippen LogP contribution in [0.1, 0.15) is 31.7 Å². The van der Waals surface area contributed by atoms with Crippen molar-refractivity contribution < 1.29 is 56.5 Å². The summed E-state index contributed by atoms with van der Waals surface area (Å²) in [6, 6.07) is 3.03. The van der Waals surface area contributed by atoms with Crippen LogP contribution in [0.15, 0.2) is 29.5 Å². The van der Waals surface area contributed by atoms with E-state index in [1.54, 1.807) is 12.1 Å². The number of carbonyl (C=O) groups is 6. The minimum Gasteiger partial charge on any atom is -0.477 e. The van der Waals surface area contributed by atoms with Gasteiger partial charge in [-0.1, -0.05) is 29.3 Å². The Hall–Kier alpha value is -3.89. The Morgan fingerprint density at radius 3 is 2.52 bits per heavy atom. The molecule has 0 radical (unpaired) electrons. The fourth-order valence-corrected chi connectivity index (χ4v) is 6.68. The van der Waals surface area contributed by atoms with Gasteiger partial charge in [0.1, 0.15) is 25.0 Å². The van der Waals surface area contributed by atoms with Crippen LogP contribution in [0.2, 0.25) is 10.0 Å². The molecule has 1 aromatic carbocycles. The summed E-state index contributed by atoms with van der Waals surface area (Å²) in [6.07, 6.45) is -2.44. The quantitative estimate of drug-likeness (QED) is 0.0893. The molecule has 1 unspecified atom stereocenters. The molecule has 2 aliphatic rings. The van der Waals surface area contributed by atoms with Crippen molar-refractivity contribution in [2.24, 2.45) is 0 Å². The summed E-state index contributed by atoms with van der Waals surface area (Å²) >= 11 is 11.8. The van der Waals surface area contributed by atoms with Crippen LogP contribution in [0, 0.1) is 0 Å². The monoisotopic (exact) mass is 649 g/mol. The molecule has 2 aliphatic heterocycles. The van der Waals surface area contributed by atoms with E-state index < -0.39 is 75.4 Å². The Bertz CT molecular complexity index is 1430. The summed E-state index contributed by atoms with van der Waals surface area (Å²) in [5, 5.41) is 13.2. The molecule has 228 valence electrons. The first-order chi connectivity index (χ1) is 19.7. The lowest BCUT2D eigenvalue weighted by molar-refractivity contribution is -0.151. The number of nitrogens with one attached hydrogen (secondary N) is 2. The molecular weight excluding hydrogens is 625 g/mol. The summed E-state index contributed by atoms with van der Waals surface area (Å²) in [4.78, 5) is 71.7. The fraction of sp³-hybridized carbons (Fsp3) is 0.417. The number of amides is 3. The lowest BCUT2D eigenvalue weighted by atomic mass is 10.0. The molecule has 3 rings (SSSR count). The normalized spacial score (nSPS) is 19.5. The lowest BCUT2D eigenvalue weighted by Gasteiger charge is -2.48. The molecule has 1 saturated heterocycles. The second kappa shape index (κ2) is 13.8. The van der Waals surface area contributed by atoms with Gasteiger partial charge in [-0.15, -0.1) is 0 Å². The lowest BCUT2D eigenvalue weighted by Crippen LogP contribution is -2.74. The Labute approximate surface area is 248 Å². The van der Waals surface area contributed by atoms with E-state index in [4.69, 9.17) is 37.4 Å². The number of fused-ring (bicyclic) bond motifs is 1. The van der Waals surface area contributed by atoms with Crippen molar-refractivity contribution in [3.8, 4) is 0 Å². The highest BCUT2D eigenvalue weighted by atomic mass is 35.5. The van der Waals surface area contributed by atoms with E-state index in [0.29, 0.717) is 15.5 Å². The maximum Gasteiger partial charge on any atom is 0.410 e. The molecule has 2 heterocycles. The van der Waals surface area contributed by atoms with Gasteiger partial charge in [0.15, 0.2) is 21.4 Å². The number of sulfone groups is 1. The van der Waals surface area contributed by atoms with Gasteiger partial charge in [0.25, 0.3) is 12.4 Å². The van der Waals surface area contributed by atoms with Gasteiger partial charge in [-0.05, 0) is 18.6 Å². The van der Waals surface area contributed by atoms with Crippen LogP contribution in [0.4, 0.5) is 4.79 Å². The molecule has 3 N–H and O–H groups in total. The predicted octanol–water partition coefficient (Wildman–Crippen LogP) is 0.872. The number of alkyl carbamates (subject to hydrolysis) is 1. The summed E-state index contributed by atoms with van der Waals surface area (Å²) in [5.41, 5.74) is -0.441. The Morgan fingerprint density at radius 2 is 1.90 bits per heavy atom. The van der Waals surface area contributed by atoms with Crippen molar-refractivity contribution in [2.45, 2.75) is 50.4 Å². The van der Waals surface area contributed by atoms with E-state index in [1.165, 1.54) is 6.07 Å². The number of benzene rings is 1. The van der Waals surface area contributed by atoms with Crippen molar-refractivity contribution >= 4 is 69.4 Å². The number of ether oxygens (including phenoxy) is 3. The molecule has 1 fully saturated rings. The molecule has 3 atom stereocenters. The highest BCUT2D eigenvalue weighted by Gasteiger charge is 2.60. The number of nitrogens with zero attached hydrogens (tertiary/aromatic N) is 1. The smallest absolute Gasteiger partial charge is 0.410 e. The maximum atomic E-state index is 12.8. The second-order valence-electron chi connectivity index (χ2n) is 9.06. The predicted molar refractivity (Wildman–Crippen MR) is 142 cm³/mol. The first-order valence-electron chi connectivity index (χ1n) is 12.1. The summed E-state index contributed by atoms with van der Waals surface area (Å²) < 4.78 is 40.2. The van der Waals surface area contributed by atoms with Crippen molar-refractivity contribution in [3.05, 3.63) is 45.1 Å². The van der Waals surface area contributed by atoms with E-state index in [9.17, 15) is 42.3 Å². The van der Waals surface area contributed by atoms with Crippen LogP contribution in [0.25, 0.3) is 0 Å². The Morgan fingerprint density at radius 1 is 1.19 bits per heavy atom. The zero-order valence-corrected chi connectivity index (χ0v) is 24.2. The highest BCUT2D eigenvalue weighted by Crippen LogP contribution is 2.37. The third kappa shape index (κ3) is 7.89. The number of hydrogen-bond acceptors (Lipinski definition) is 11. The van der Waals surface area contributed by atoms with Crippen molar-refractivity contribution in [3.63, 3.8) is 0 Å². The minimum atomic E-state index is -4.16. The standard InChI is InChI=1S/C24H25Cl2N3O12S/c1-12(31)39-9-14-10-42(37,38)22-19(21(33)29(22)20(14)23(34)35)27-17(32)3-2-4-18(41-11-30)28-24(36)40-8-13-5-6-15(25)7-16(13)26/h5-7,11,18-19,22H,2-4,8-10H2,1H3,(H,27,32)(H,28,36)(H,34,35)/t18?,19-,22-/m0/s1. The largest absolute Gasteiger partial charge is 0.477 e. The topological polar surface area (TPSA) is 212 Å². The molecule has 0 aliphatic carbocycles. The van der Waals surface area contributed by atoms with Crippen LogP contribution >= 0.6 is 23.2 Å². The van der Waals surface area contributed by atoms with Gasteiger partial charge < -0.3 is 24.6 Å². The van der Waals surface area contributed by atoms with E-state index in [0.717, 1.165) is 6.92 Å². The average molecular weight is 650 g/mol. The molecule has 42 heavy (non-hydrogen) atoms. The highest BCUT2D eigenvalue weighted by molar-refractivity contribution is 7.92. The van der Waals surface area contributed by atoms with Crippen LogP contribution in [0.3, 0.4) is 0 Å². The number of halogens is 2. The number of hydrogen-bond donors (Lipinski definition) is 3. The van der Waals surface area contributed by atoms with Crippen LogP contribution < -0.4 is 10.6 Å². The van der Waals surface area contributed by atoms with Crippen molar-refractivity contribution in [1.29, 1.82) is 0 Å². The van der Waals surface area contributed by atoms with Gasteiger partial charge in [-0.25, -0.2) is 18.0 Å². The summed E-state index contributed by atoms with van der Waals surface area (Å²) in [7, 11) is -4.16. The minimum absolute atomic E-state index is 0.0164. The number of carboxylic acid groups (broad SMARTS) is 1. The molecule has 0 spiro atoms. The summed E-state index contributed by atoms with van der Waals surface area (Å²) in [5.74, 6) is -4.89. The fourth-order valence-electron chi connectivity index (χ4n) is 4.21. The number of β-lactam (4-membered cyclic amide) rings is 1. The van der Waals surface area contributed by atoms with E-state index in [1.807, 2.05) is 0 Å². The Balaban J connectivity index is 1.54. The van der Waals surface area contributed by atoms with Crippen molar-refractivity contribution in [2.75, 3.05) is 12.4 Å². The van der Waals surface area contributed by atoms with Crippen LogP contribution in [-0.4, -0.2) is 84.7 Å². The van der Waals surface area contributed by atoms with E-state index >= 15 is 0 Å². The average Bonchev–Trinajstić information content (AvgIpc) is 2.89. The number of rotatable bonds is 13. The molecule has 15 nitrogen and oxygen atoms in total. The summed E-state index contributed by atoms with van der Waals surface area (Å²) in [6.45, 7) is 0.290. The number of carboxylic acids is 1. The number of esters is 1. The zero-order valence-electron chi connectivity index (χ0n) is 21.8. The van der Waals surface area contributed by atoms with Gasteiger partial charge in [0.05, 0.1) is 5.75 Å².